The number of thioether (sulfide) groups is 1. The summed E-state index contributed by atoms with van der Waals surface area (Å²) in [5.41, 5.74) is 6.41. The van der Waals surface area contributed by atoms with Crippen molar-refractivity contribution in [2.45, 2.75) is 11.4 Å². The Hall–Kier alpha value is -3.71. The highest BCUT2D eigenvalue weighted by Crippen LogP contribution is 2.40. The molecule has 0 saturated carbocycles. The zero-order valence-corrected chi connectivity index (χ0v) is 17.8. The Bertz CT molecular complexity index is 1180. The van der Waals surface area contributed by atoms with Crippen molar-refractivity contribution in [2.24, 2.45) is 5.16 Å². The molecular formula is C19H16N6O5S2. The summed E-state index contributed by atoms with van der Waals surface area (Å²) in [6.45, 7) is 0. The maximum atomic E-state index is 12.7. The summed E-state index contributed by atoms with van der Waals surface area (Å²) >= 11 is 2.38. The molecule has 2 amide bonds. The Morgan fingerprint density at radius 3 is 2.69 bits per heavy atom. The van der Waals surface area contributed by atoms with Gasteiger partial charge in [0.2, 0.25) is 0 Å². The molecule has 0 radical (unpaired) electrons. The standard InChI is InChI=1S/C19H16N6O5S2/c20-19-22-11(8-32-19)12(24-30)15(26)23-13-16(27)25-14(18(28)29)10(7-31-17(13)25)2-1-9-3-5-21-6-4-9/h1-6,8,13,17,30H,7H2,(H2,20,22)(H,23,26)(H,28,29)/b2-1+,24-12-/t13-,17-/m1/s1. The highest BCUT2D eigenvalue weighted by atomic mass is 32.2. The molecule has 0 bridgehead atoms. The zero-order chi connectivity index (χ0) is 22.8. The number of carboxylic acids is 1. The number of β-lactam (4-membered cyclic amide) rings is 1. The maximum Gasteiger partial charge on any atom is 0.352 e. The average Bonchev–Trinajstić information content (AvgIpc) is 3.22. The van der Waals surface area contributed by atoms with Gasteiger partial charge in [0.1, 0.15) is 22.8 Å². The van der Waals surface area contributed by atoms with Crippen LogP contribution in [0.4, 0.5) is 5.13 Å². The van der Waals surface area contributed by atoms with Crippen molar-refractivity contribution in [1.82, 2.24) is 20.2 Å². The molecule has 2 aliphatic rings. The van der Waals surface area contributed by atoms with Crippen LogP contribution in [-0.4, -0.2) is 65.8 Å². The number of thiazole rings is 1. The predicted molar refractivity (Wildman–Crippen MR) is 118 cm³/mol. The number of anilines is 1. The molecule has 11 nitrogen and oxygen atoms in total. The average molecular weight is 473 g/mol. The van der Waals surface area contributed by atoms with E-state index in [0.29, 0.717) is 11.3 Å². The van der Waals surface area contributed by atoms with E-state index in [9.17, 15) is 24.7 Å². The van der Waals surface area contributed by atoms with E-state index in [-0.39, 0.29) is 22.2 Å². The van der Waals surface area contributed by atoms with Gasteiger partial charge in [-0.1, -0.05) is 17.3 Å². The Morgan fingerprint density at radius 1 is 1.31 bits per heavy atom. The van der Waals surface area contributed by atoms with E-state index >= 15 is 0 Å². The lowest BCUT2D eigenvalue weighted by Gasteiger charge is -2.49. The van der Waals surface area contributed by atoms with Gasteiger partial charge in [0.25, 0.3) is 11.8 Å². The minimum atomic E-state index is -1.24. The number of carbonyl (C=O) groups excluding carboxylic acids is 2. The molecule has 1 fully saturated rings. The van der Waals surface area contributed by atoms with E-state index in [2.05, 4.69) is 20.4 Å². The lowest BCUT2D eigenvalue weighted by Crippen LogP contribution is -2.71. The lowest BCUT2D eigenvalue weighted by atomic mass is 10.0. The van der Waals surface area contributed by atoms with Gasteiger partial charge >= 0.3 is 5.97 Å². The number of aliphatic carboxylic acids is 1. The molecule has 164 valence electrons. The second kappa shape index (κ2) is 8.80. The number of nitrogens with one attached hydrogen (secondary N) is 1. The number of hydrogen-bond donors (Lipinski definition) is 4. The third-order valence-corrected chi connectivity index (χ3v) is 6.73. The topological polar surface area (TPSA) is 171 Å². The third kappa shape index (κ3) is 3.94. The summed E-state index contributed by atoms with van der Waals surface area (Å²) in [5, 5.41) is 25.4. The van der Waals surface area contributed by atoms with Crippen LogP contribution in [0.2, 0.25) is 0 Å². The van der Waals surface area contributed by atoms with Crippen LogP contribution in [-0.2, 0) is 14.4 Å². The molecule has 32 heavy (non-hydrogen) atoms. The van der Waals surface area contributed by atoms with E-state index in [4.69, 9.17) is 5.73 Å². The quantitative estimate of drug-likeness (QED) is 0.205. The monoisotopic (exact) mass is 472 g/mol. The second-order valence-corrected chi connectivity index (χ2v) is 8.67. The minimum Gasteiger partial charge on any atom is -0.477 e. The number of nitrogens with zero attached hydrogens (tertiary/aromatic N) is 4. The van der Waals surface area contributed by atoms with Crippen LogP contribution < -0.4 is 11.1 Å². The Kier molecular flexibility index (Phi) is 5.92. The molecule has 1 saturated heterocycles. The van der Waals surface area contributed by atoms with Gasteiger partial charge in [0.15, 0.2) is 10.8 Å². The van der Waals surface area contributed by atoms with Crippen molar-refractivity contribution in [1.29, 1.82) is 0 Å². The smallest absolute Gasteiger partial charge is 0.352 e. The second-order valence-electron chi connectivity index (χ2n) is 6.67. The number of allylic oxidation sites excluding steroid dienone is 1. The van der Waals surface area contributed by atoms with Crippen LogP contribution in [0.3, 0.4) is 0 Å². The first kappa shape index (κ1) is 21.5. The number of fused-ring (bicyclic) bond motifs is 1. The van der Waals surface area contributed by atoms with Crippen molar-refractivity contribution >= 4 is 57.8 Å². The Morgan fingerprint density at radius 2 is 2.06 bits per heavy atom. The number of nitrogens with two attached hydrogens (primary N) is 1. The van der Waals surface area contributed by atoms with Crippen LogP contribution in [0.15, 0.2) is 52.4 Å². The normalized spacial score (nSPS) is 20.8. The van der Waals surface area contributed by atoms with Crippen molar-refractivity contribution in [2.75, 3.05) is 11.5 Å². The highest BCUT2D eigenvalue weighted by Gasteiger charge is 2.54. The largest absolute Gasteiger partial charge is 0.477 e. The van der Waals surface area contributed by atoms with Gasteiger partial charge in [-0.15, -0.1) is 23.1 Å². The van der Waals surface area contributed by atoms with Gasteiger partial charge in [-0.25, -0.2) is 9.78 Å². The van der Waals surface area contributed by atoms with E-state index in [1.165, 1.54) is 17.1 Å². The molecule has 2 aromatic heterocycles. The fourth-order valence-electron chi connectivity index (χ4n) is 3.26. The van der Waals surface area contributed by atoms with Gasteiger partial charge in [-0.2, -0.15) is 0 Å². The summed E-state index contributed by atoms with van der Waals surface area (Å²) in [6, 6.07) is 2.57. The molecule has 0 unspecified atom stereocenters. The molecule has 0 aliphatic carbocycles. The molecule has 4 rings (SSSR count). The number of nitrogen functional groups attached to an aromatic ring is 1. The van der Waals surface area contributed by atoms with Crippen LogP contribution in [0.5, 0.6) is 0 Å². The van der Waals surface area contributed by atoms with Crippen molar-refractivity contribution in [3.63, 3.8) is 0 Å². The van der Waals surface area contributed by atoms with E-state index in [0.717, 1.165) is 21.8 Å². The lowest BCUT2D eigenvalue weighted by molar-refractivity contribution is -0.150. The predicted octanol–water partition coefficient (Wildman–Crippen LogP) is 0.751. The molecule has 5 N–H and O–H groups in total. The maximum absolute atomic E-state index is 12.7. The number of carboxylic acid groups (broad SMARTS) is 1. The number of oxime groups is 1. The van der Waals surface area contributed by atoms with Crippen molar-refractivity contribution in [3.05, 3.63) is 58.5 Å². The number of pyridine rings is 1. The number of rotatable bonds is 6. The van der Waals surface area contributed by atoms with E-state index in [1.54, 1.807) is 36.7 Å². The molecule has 2 aliphatic heterocycles. The number of carbonyl (C=O) groups is 3. The van der Waals surface area contributed by atoms with Gasteiger partial charge < -0.3 is 21.4 Å². The first-order valence-electron chi connectivity index (χ1n) is 9.14. The molecule has 4 heterocycles. The Labute approximate surface area is 189 Å². The minimum absolute atomic E-state index is 0.0714. The van der Waals surface area contributed by atoms with Crippen molar-refractivity contribution < 1.29 is 24.7 Å². The van der Waals surface area contributed by atoms with Gasteiger partial charge in [-0.3, -0.25) is 19.5 Å². The van der Waals surface area contributed by atoms with Crippen LogP contribution in [0.1, 0.15) is 11.3 Å². The zero-order valence-electron chi connectivity index (χ0n) is 16.2. The summed E-state index contributed by atoms with van der Waals surface area (Å²) in [5.74, 6) is -2.30. The first-order valence-corrected chi connectivity index (χ1v) is 11.1. The fourth-order valence-corrected chi connectivity index (χ4v) is 5.13. The number of aromatic nitrogens is 2. The molecule has 13 heteroatoms. The molecule has 0 spiro atoms. The van der Waals surface area contributed by atoms with Gasteiger partial charge in [0, 0.05) is 23.5 Å². The van der Waals surface area contributed by atoms with Crippen LogP contribution in [0.25, 0.3) is 6.08 Å². The molecule has 2 aromatic rings. The number of amides is 2. The Balaban J connectivity index is 1.52. The van der Waals surface area contributed by atoms with E-state index in [1.807, 2.05) is 0 Å². The van der Waals surface area contributed by atoms with Crippen molar-refractivity contribution in [3.8, 4) is 0 Å². The van der Waals surface area contributed by atoms with E-state index < -0.39 is 29.2 Å². The van der Waals surface area contributed by atoms with Gasteiger partial charge in [0.05, 0.1) is 0 Å². The first-order chi connectivity index (χ1) is 15.4. The van der Waals surface area contributed by atoms with Gasteiger partial charge in [-0.05, 0) is 23.3 Å². The molecule has 2 atom stereocenters. The van der Waals surface area contributed by atoms with Crippen LogP contribution >= 0.6 is 23.1 Å². The molecule has 0 aromatic carbocycles. The van der Waals surface area contributed by atoms with Crippen LogP contribution in [0, 0.1) is 0 Å². The summed E-state index contributed by atoms with van der Waals surface area (Å²) in [6.07, 6.45) is 6.64. The molecular weight excluding hydrogens is 456 g/mol. The highest BCUT2D eigenvalue weighted by molar-refractivity contribution is 8.00. The number of hydrogen-bond acceptors (Lipinski definition) is 10. The SMILES string of the molecule is Nc1nc(/C(=N/O)C(=O)N[C@@H]2C(=O)N3C(C(=O)O)=C(/C=C/c4ccncc4)CS[C@H]23)cs1. The third-order valence-electron chi connectivity index (χ3n) is 4.75. The summed E-state index contributed by atoms with van der Waals surface area (Å²) < 4.78 is 0. The summed E-state index contributed by atoms with van der Waals surface area (Å²) in [4.78, 5) is 46.2. The fraction of sp³-hybridized carbons (Fsp3) is 0.158. The summed E-state index contributed by atoms with van der Waals surface area (Å²) in [7, 11) is 0.